The summed E-state index contributed by atoms with van der Waals surface area (Å²) in [6.07, 6.45) is 3.84. The van der Waals surface area contributed by atoms with Crippen molar-refractivity contribution in [2.45, 2.75) is 38.3 Å². The molecule has 2 fully saturated rings. The molecule has 5 nitrogen and oxygen atoms in total. The number of rotatable bonds is 3. The molecule has 1 aliphatic carbocycles. The first-order valence-corrected chi connectivity index (χ1v) is 6.51. The Kier molecular flexibility index (Phi) is 2.88. The predicted octanol–water partition coefficient (Wildman–Crippen LogP) is 1.31. The van der Waals surface area contributed by atoms with Gasteiger partial charge in [-0.25, -0.2) is 9.97 Å². The van der Waals surface area contributed by atoms with Gasteiger partial charge >= 0.3 is 0 Å². The van der Waals surface area contributed by atoms with Gasteiger partial charge in [0, 0.05) is 30.9 Å². The molecule has 1 aromatic heterocycles. The van der Waals surface area contributed by atoms with Crippen molar-refractivity contribution < 1.29 is 0 Å². The van der Waals surface area contributed by atoms with E-state index in [0.29, 0.717) is 17.7 Å². The maximum Gasteiger partial charge on any atom is 0.224 e. The van der Waals surface area contributed by atoms with Gasteiger partial charge < -0.3 is 5.32 Å². The highest BCUT2D eigenvalue weighted by Crippen LogP contribution is 2.30. The smallest absolute Gasteiger partial charge is 0.224 e. The maximum absolute atomic E-state index is 8.89. The SMILES string of the molecule is Cc1cc(C#N)nc(NC2CCN(C3CC3)C2)n1. The molecule has 3 rings (SSSR count). The van der Waals surface area contributed by atoms with Crippen molar-refractivity contribution in [3.05, 3.63) is 17.5 Å². The summed E-state index contributed by atoms with van der Waals surface area (Å²) in [5, 5.41) is 12.2. The molecule has 2 aliphatic rings. The average Bonchev–Trinajstić information content (AvgIpc) is 3.10. The molecule has 0 bridgehead atoms. The van der Waals surface area contributed by atoms with Crippen molar-refractivity contribution in [1.29, 1.82) is 5.26 Å². The van der Waals surface area contributed by atoms with E-state index in [-0.39, 0.29) is 0 Å². The monoisotopic (exact) mass is 243 g/mol. The van der Waals surface area contributed by atoms with E-state index in [1.165, 1.54) is 19.4 Å². The van der Waals surface area contributed by atoms with Crippen LogP contribution in [0.1, 0.15) is 30.7 Å². The summed E-state index contributed by atoms with van der Waals surface area (Å²) in [5.41, 5.74) is 1.27. The van der Waals surface area contributed by atoms with Crippen LogP contribution in [0.25, 0.3) is 0 Å². The number of hydrogen-bond acceptors (Lipinski definition) is 5. The molecule has 1 atom stereocenters. The first kappa shape index (κ1) is 11.4. The number of nitrogens with zero attached hydrogens (tertiary/aromatic N) is 4. The molecule has 1 saturated carbocycles. The van der Waals surface area contributed by atoms with E-state index in [2.05, 4.69) is 26.3 Å². The molecule has 2 heterocycles. The summed E-state index contributed by atoms with van der Waals surface area (Å²) in [4.78, 5) is 11.1. The van der Waals surface area contributed by atoms with Crippen LogP contribution >= 0.6 is 0 Å². The minimum absolute atomic E-state index is 0.416. The van der Waals surface area contributed by atoms with Crippen molar-refractivity contribution in [2.75, 3.05) is 18.4 Å². The maximum atomic E-state index is 8.89. The third-order valence-corrected chi connectivity index (χ3v) is 3.58. The standard InChI is InChI=1S/C13H17N5/c1-9-6-11(7-14)17-13(15-9)16-10-4-5-18(8-10)12-2-3-12/h6,10,12H,2-5,8H2,1H3,(H,15,16,17). The molecule has 0 amide bonds. The zero-order chi connectivity index (χ0) is 12.5. The minimum Gasteiger partial charge on any atom is -0.350 e. The summed E-state index contributed by atoms with van der Waals surface area (Å²) < 4.78 is 0. The van der Waals surface area contributed by atoms with Crippen LogP contribution in [0, 0.1) is 18.3 Å². The van der Waals surface area contributed by atoms with Crippen LogP contribution in [0.4, 0.5) is 5.95 Å². The molecule has 0 spiro atoms. The summed E-state index contributed by atoms with van der Waals surface area (Å²) in [6, 6.07) is 5.01. The zero-order valence-electron chi connectivity index (χ0n) is 10.6. The molecule has 0 radical (unpaired) electrons. The fourth-order valence-electron chi connectivity index (χ4n) is 2.55. The lowest BCUT2D eigenvalue weighted by Gasteiger charge is -2.15. The first-order valence-electron chi connectivity index (χ1n) is 6.51. The molecular weight excluding hydrogens is 226 g/mol. The molecule has 1 aliphatic heterocycles. The Morgan fingerprint density at radius 2 is 2.22 bits per heavy atom. The number of aryl methyl sites for hydroxylation is 1. The third-order valence-electron chi connectivity index (χ3n) is 3.58. The van der Waals surface area contributed by atoms with Crippen molar-refractivity contribution in [2.24, 2.45) is 0 Å². The molecule has 94 valence electrons. The fourth-order valence-corrected chi connectivity index (χ4v) is 2.55. The van der Waals surface area contributed by atoms with E-state index in [4.69, 9.17) is 5.26 Å². The van der Waals surface area contributed by atoms with Crippen LogP contribution in [0.2, 0.25) is 0 Å². The van der Waals surface area contributed by atoms with E-state index in [1.807, 2.05) is 6.92 Å². The first-order chi connectivity index (χ1) is 8.74. The number of aromatic nitrogens is 2. The topological polar surface area (TPSA) is 64.8 Å². The van der Waals surface area contributed by atoms with Gasteiger partial charge in [0.15, 0.2) is 0 Å². The number of nitrogens with one attached hydrogen (secondary N) is 1. The lowest BCUT2D eigenvalue weighted by molar-refractivity contribution is 0.326. The largest absolute Gasteiger partial charge is 0.350 e. The van der Waals surface area contributed by atoms with Gasteiger partial charge in [-0.1, -0.05) is 0 Å². The second-order valence-corrected chi connectivity index (χ2v) is 5.19. The summed E-state index contributed by atoms with van der Waals surface area (Å²) in [7, 11) is 0. The van der Waals surface area contributed by atoms with Crippen molar-refractivity contribution >= 4 is 5.95 Å². The third kappa shape index (κ3) is 2.44. The molecule has 1 unspecified atom stereocenters. The summed E-state index contributed by atoms with van der Waals surface area (Å²) >= 11 is 0. The Hall–Kier alpha value is -1.67. The number of hydrogen-bond donors (Lipinski definition) is 1. The zero-order valence-corrected chi connectivity index (χ0v) is 10.6. The van der Waals surface area contributed by atoms with Gasteiger partial charge in [0.05, 0.1) is 0 Å². The van der Waals surface area contributed by atoms with Crippen molar-refractivity contribution in [3.63, 3.8) is 0 Å². The van der Waals surface area contributed by atoms with Crippen LogP contribution in [-0.4, -0.2) is 40.0 Å². The molecule has 18 heavy (non-hydrogen) atoms. The number of likely N-dealkylation sites (tertiary alicyclic amines) is 1. The van der Waals surface area contributed by atoms with E-state index < -0.39 is 0 Å². The van der Waals surface area contributed by atoms with E-state index >= 15 is 0 Å². The van der Waals surface area contributed by atoms with E-state index in [0.717, 1.165) is 24.7 Å². The Bertz CT molecular complexity index is 489. The van der Waals surface area contributed by atoms with Gasteiger partial charge in [-0.05, 0) is 32.3 Å². The minimum atomic E-state index is 0.416. The number of anilines is 1. The second-order valence-electron chi connectivity index (χ2n) is 5.19. The molecular formula is C13H17N5. The van der Waals surface area contributed by atoms with Gasteiger partial charge in [0.2, 0.25) is 5.95 Å². The highest BCUT2D eigenvalue weighted by atomic mass is 15.2. The highest BCUT2D eigenvalue weighted by Gasteiger charge is 2.34. The van der Waals surface area contributed by atoms with Crippen LogP contribution in [0.15, 0.2) is 6.07 Å². The van der Waals surface area contributed by atoms with Crippen molar-refractivity contribution in [1.82, 2.24) is 14.9 Å². The summed E-state index contributed by atoms with van der Waals surface area (Å²) in [6.45, 7) is 4.13. The van der Waals surface area contributed by atoms with Gasteiger partial charge in [0.1, 0.15) is 11.8 Å². The quantitative estimate of drug-likeness (QED) is 0.867. The normalized spacial score (nSPS) is 23.9. The van der Waals surface area contributed by atoms with Crippen LogP contribution in [0.3, 0.4) is 0 Å². The molecule has 5 heteroatoms. The Balaban J connectivity index is 1.66. The second kappa shape index (κ2) is 4.54. The van der Waals surface area contributed by atoms with Gasteiger partial charge in [-0.15, -0.1) is 0 Å². The predicted molar refractivity (Wildman–Crippen MR) is 68.1 cm³/mol. The van der Waals surface area contributed by atoms with Crippen LogP contribution in [0.5, 0.6) is 0 Å². The van der Waals surface area contributed by atoms with E-state index in [9.17, 15) is 0 Å². The van der Waals surface area contributed by atoms with Crippen LogP contribution in [-0.2, 0) is 0 Å². The molecule has 1 N–H and O–H groups in total. The summed E-state index contributed by atoms with van der Waals surface area (Å²) in [5.74, 6) is 0.592. The fraction of sp³-hybridized carbons (Fsp3) is 0.615. The Morgan fingerprint density at radius 1 is 1.39 bits per heavy atom. The molecule has 0 aromatic carbocycles. The van der Waals surface area contributed by atoms with Gasteiger partial charge in [0.25, 0.3) is 0 Å². The lowest BCUT2D eigenvalue weighted by Crippen LogP contribution is -2.28. The van der Waals surface area contributed by atoms with Crippen molar-refractivity contribution in [3.8, 4) is 6.07 Å². The lowest BCUT2D eigenvalue weighted by atomic mass is 10.3. The van der Waals surface area contributed by atoms with Crippen LogP contribution < -0.4 is 5.32 Å². The Morgan fingerprint density at radius 3 is 2.94 bits per heavy atom. The molecule has 1 aromatic rings. The highest BCUT2D eigenvalue weighted by molar-refractivity contribution is 5.34. The van der Waals surface area contributed by atoms with Gasteiger partial charge in [-0.2, -0.15) is 5.26 Å². The molecule has 1 saturated heterocycles. The number of nitriles is 1. The van der Waals surface area contributed by atoms with Gasteiger partial charge in [-0.3, -0.25) is 4.90 Å². The Labute approximate surface area is 107 Å². The van der Waals surface area contributed by atoms with E-state index in [1.54, 1.807) is 6.07 Å². The average molecular weight is 243 g/mol.